The lowest BCUT2D eigenvalue weighted by Gasteiger charge is -2.14. The highest BCUT2D eigenvalue weighted by Gasteiger charge is 2.08. The topological polar surface area (TPSA) is 55.5 Å². The first-order valence-electron chi connectivity index (χ1n) is 5.20. The molecule has 0 unspecified atom stereocenters. The summed E-state index contributed by atoms with van der Waals surface area (Å²) >= 11 is 0. The molecule has 1 aromatic carbocycles. The zero-order valence-electron chi connectivity index (χ0n) is 9.36. The van der Waals surface area contributed by atoms with Crippen molar-refractivity contribution < 1.29 is 9.84 Å². The molecule has 1 aromatic rings. The minimum atomic E-state index is 0.00283. The van der Waals surface area contributed by atoms with Crippen LogP contribution in [-0.2, 0) is 0 Å². The molecule has 0 spiro atoms. The molecular weight excluding hydrogens is 190 g/mol. The molecule has 3 N–H and O–H groups in total. The van der Waals surface area contributed by atoms with Gasteiger partial charge in [0.2, 0.25) is 0 Å². The third kappa shape index (κ3) is 3.22. The van der Waals surface area contributed by atoms with E-state index in [4.69, 9.17) is 15.6 Å². The highest BCUT2D eigenvalue weighted by atomic mass is 16.5. The number of aliphatic hydroxyl groups excluding tert-OH is 1. The molecule has 0 fully saturated rings. The van der Waals surface area contributed by atoms with E-state index in [1.54, 1.807) is 7.11 Å². The average Bonchev–Trinajstić information content (AvgIpc) is 2.25. The van der Waals surface area contributed by atoms with Gasteiger partial charge in [-0.2, -0.15) is 0 Å². The van der Waals surface area contributed by atoms with E-state index in [1.807, 2.05) is 25.1 Å². The van der Waals surface area contributed by atoms with Gasteiger partial charge < -0.3 is 15.6 Å². The number of ether oxygens (including phenoxy) is 1. The maximum atomic E-state index is 8.74. The third-order valence-corrected chi connectivity index (χ3v) is 2.55. The van der Waals surface area contributed by atoms with Gasteiger partial charge in [0.25, 0.3) is 0 Å². The number of hydrogen-bond donors (Lipinski definition) is 2. The van der Waals surface area contributed by atoms with Gasteiger partial charge in [0, 0.05) is 12.6 Å². The Kier molecular flexibility index (Phi) is 4.59. The Morgan fingerprint density at radius 3 is 2.73 bits per heavy atom. The van der Waals surface area contributed by atoms with E-state index < -0.39 is 0 Å². The molecule has 0 saturated heterocycles. The second-order valence-corrected chi connectivity index (χ2v) is 3.69. The third-order valence-electron chi connectivity index (χ3n) is 2.55. The highest BCUT2D eigenvalue weighted by Crippen LogP contribution is 2.23. The standard InChI is InChI=1S/C12H19NO2/c1-9-8-10(15-2)5-6-11(9)12(13)4-3-7-14/h5-6,8,12,14H,3-4,7,13H2,1-2H3/t12-/m1/s1. The highest BCUT2D eigenvalue weighted by molar-refractivity contribution is 5.36. The second kappa shape index (κ2) is 5.73. The van der Waals surface area contributed by atoms with E-state index >= 15 is 0 Å². The van der Waals surface area contributed by atoms with Crippen LogP contribution in [0, 0.1) is 6.92 Å². The predicted octanol–water partition coefficient (Wildman–Crippen LogP) is 1.78. The number of aryl methyl sites for hydroxylation is 1. The van der Waals surface area contributed by atoms with E-state index in [2.05, 4.69) is 0 Å². The quantitative estimate of drug-likeness (QED) is 0.777. The summed E-state index contributed by atoms with van der Waals surface area (Å²) in [7, 11) is 1.65. The van der Waals surface area contributed by atoms with Crippen LogP contribution in [0.1, 0.15) is 30.0 Å². The molecule has 0 heterocycles. The zero-order chi connectivity index (χ0) is 11.3. The van der Waals surface area contributed by atoms with Gasteiger partial charge in [0.15, 0.2) is 0 Å². The second-order valence-electron chi connectivity index (χ2n) is 3.69. The van der Waals surface area contributed by atoms with E-state index in [0.717, 1.165) is 29.7 Å². The van der Waals surface area contributed by atoms with Crippen LogP contribution in [0.25, 0.3) is 0 Å². The van der Waals surface area contributed by atoms with Crippen LogP contribution in [0.2, 0.25) is 0 Å². The van der Waals surface area contributed by atoms with Crippen LogP contribution in [0.4, 0.5) is 0 Å². The molecule has 0 amide bonds. The number of methoxy groups -OCH3 is 1. The minimum Gasteiger partial charge on any atom is -0.497 e. The Bertz CT molecular complexity index is 312. The summed E-state index contributed by atoms with van der Waals surface area (Å²) in [5.41, 5.74) is 8.29. The SMILES string of the molecule is COc1ccc([C@H](N)CCCO)c(C)c1. The fraction of sp³-hybridized carbons (Fsp3) is 0.500. The van der Waals surface area contributed by atoms with Crippen molar-refractivity contribution in [3.05, 3.63) is 29.3 Å². The largest absolute Gasteiger partial charge is 0.497 e. The van der Waals surface area contributed by atoms with Crippen molar-refractivity contribution in [1.82, 2.24) is 0 Å². The van der Waals surface area contributed by atoms with Crippen LogP contribution in [0.3, 0.4) is 0 Å². The molecular formula is C12H19NO2. The first kappa shape index (κ1) is 12.0. The zero-order valence-corrected chi connectivity index (χ0v) is 9.36. The summed E-state index contributed by atoms with van der Waals surface area (Å²) in [5.74, 6) is 0.852. The fourth-order valence-corrected chi connectivity index (χ4v) is 1.66. The number of aliphatic hydroxyl groups is 1. The van der Waals surface area contributed by atoms with Gasteiger partial charge in [-0.15, -0.1) is 0 Å². The molecule has 0 aliphatic rings. The van der Waals surface area contributed by atoms with Crippen molar-refractivity contribution in [2.24, 2.45) is 5.73 Å². The summed E-state index contributed by atoms with van der Waals surface area (Å²) in [6, 6.07) is 5.90. The molecule has 0 saturated carbocycles. The number of nitrogens with two attached hydrogens (primary N) is 1. The van der Waals surface area contributed by atoms with Gasteiger partial charge in [-0.25, -0.2) is 0 Å². The number of benzene rings is 1. The molecule has 1 atom stereocenters. The van der Waals surface area contributed by atoms with Gasteiger partial charge in [-0.05, 0) is 43.0 Å². The molecule has 0 aliphatic heterocycles. The van der Waals surface area contributed by atoms with Crippen LogP contribution in [-0.4, -0.2) is 18.8 Å². The van der Waals surface area contributed by atoms with E-state index in [0.29, 0.717) is 0 Å². The molecule has 0 aromatic heterocycles. The lowest BCUT2D eigenvalue weighted by Crippen LogP contribution is -2.12. The molecule has 0 aliphatic carbocycles. The van der Waals surface area contributed by atoms with Gasteiger partial charge in [0.1, 0.15) is 5.75 Å². The number of hydrogen-bond acceptors (Lipinski definition) is 3. The molecule has 0 bridgehead atoms. The molecule has 0 radical (unpaired) electrons. The van der Waals surface area contributed by atoms with Crippen molar-refractivity contribution >= 4 is 0 Å². The van der Waals surface area contributed by atoms with Gasteiger partial charge in [-0.1, -0.05) is 6.07 Å². The molecule has 1 rings (SSSR count). The van der Waals surface area contributed by atoms with Crippen molar-refractivity contribution in [2.45, 2.75) is 25.8 Å². The summed E-state index contributed by atoms with van der Waals surface area (Å²) in [5, 5.41) is 8.74. The Balaban J connectivity index is 2.76. The van der Waals surface area contributed by atoms with Crippen molar-refractivity contribution in [3.63, 3.8) is 0 Å². The lowest BCUT2D eigenvalue weighted by atomic mass is 9.98. The fourth-order valence-electron chi connectivity index (χ4n) is 1.66. The predicted molar refractivity (Wildman–Crippen MR) is 61.0 cm³/mol. The van der Waals surface area contributed by atoms with E-state index in [9.17, 15) is 0 Å². The monoisotopic (exact) mass is 209 g/mol. The van der Waals surface area contributed by atoms with Crippen molar-refractivity contribution in [1.29, 1.82) is 0 Å². The Hall–Kier alpha value is -1.06. The van der Waals surface area contributed by atoms with E-state index in [1.165, 1.54) is 0 Å². The van der Waals surface area contributed by atoms with Crippen molar-refractivity contribution in [3.8, 4) is 5.75 Å². The molecule has 3 heteroatoms. The smallest absolute Gasteiger partial charge is 0.119 e. The molecule has 84 valence electrons. The summed E-state index contributed by atoms with van der Waals surface area (Å²) in [6.07, 6.45) is 1.55. The van der Waals surface area contributed by atoms with Crippen LogP contribution >= 0.6 is 0 Å². The lowest BCUT2D eigenvalue weighted by molar-refractivity contribution is 0.280. The van der Waals surface area contributed by atoms with Crippen molar-refractivity contribution in [2.75, 3.05) is 13.7 Å². The van der Waals surface area contributed by atoms with E-state index in [-0.39, 0.29) is 12.6 Å². The summed E-state index contributed by atoms with van der Waals surface area (Å²) in [4.78, 5) is 0. The Labute approximate surface area is 90.9 Å². The molecule has 3 nitrogen and oxygen atoms in total. The van der Waals surface area contributed by atoms with Gasteiger partial charge >= 0.3 is 0 Å². The Morgan fingerprint density at radius 2 is 2.20 bits per heavy atom. The average molecular weight is 209 g/mol. The summed E-state index contributed by atoms with van der Waals surface area (Å²) < 4.78 is 5.13. The first-order chi connectivity index (χ1) is 7.19. The molecule has 15 heavy (non-hydrogen) atoms. The van der Waals surface area contributed by atoms with Crippen LogP contribution in [0.15, 0.2) is 18.2 Å². The maximum absolute atomic E-state index is 8.74. The van der Waals surface area contributed by atoms with Gasteiger partial charge in [0.05, 0.1) is 7.11 Å². The summed E-state index contributed by atoms with van der Waals surface area (Å²) in [6.45, 7) is 2.22. The van der Waals surface area contributed by atoms with Gasteiger partial charge in [-0.3, -0.25) is 0 Å². The Morgan fingerprint density at radius 1 is 1.47 bits per heavy atom. The maximum Gasteiger partial charge on any atom is 0.119 e. The van der Waals surface area contributed by atoms with Crippen LogP contribution < -0.4 is 10.5 Å². The minimum absolute atomic E-state index is 0.00283. The van der Waals surface area contributed by atoms with Crippen LogP contribution in [0.5, 0.6) is 5.75 Å². The first-order valence-corrected chi connectivity index (χ1v) is 5.20. The number of rotatable bonds is 5. The normalized spacial score (nSPS) is 12.5.